The zero-order valence-electron chi connectivity index (χ0n) is 14.1. The first-order chi connectivity index (χ1) is 11.0. The molecule has 0 unspecified atom stereocenters. The summed E-state index contributed by atoms with van der Waals surface area (Å²) >= 11 is 0. The molecule has 0 bridgehead atoms. The summed E-state index contributed by atoms with van der Waals surface area (Å²) < 4.78 is 0. The van der Waals surface area contributed by atoms with E-state index in [1.807, 2.05) is 27.1 Å². The van der Waals surface area contributed by atoms with Crippen LogP contribution in [-0.2, 0) is 4.79 Å². The number of benzene rings is 1. The lowest BCUT2D eigenvalue weighted by Gasteiger charge is -2.36. The number of likely N-dealkylation sites (N-methyl/N-ethyl adjacent to an activating group) is 1. The van der Waals surface area contributed by atoms with Gasteiger partial charge in [0.25, 0.3) is 0 Å². The molecule has 0 N–H and O–H groups in total. The quantitative estimate of drug-likeness (QED) is 0.866. The van der Waals surface area contributed by atoms with Gasteiger partial charge in [0, 0.05) is 57.0 Å². The molecule has 0 atom stereocenters. The zero-order valence-corrected chi connectivity index (χ0v) is 14.1. The molecule has 3 rings (SSSR count). The highest BCUT2D eigenvalue weighted by Gasteiger charge is 2.21. The van der Waals surface area contributed by atoms with Gasteiger partial charge in [-0.1, -0.05) is 18.2 Å². The fourth-order valence-corrected chi connectivity index (χ4v) is 3.03. The monoisotopic (exact) mass is 312 g/mol. The maximum atomic E-state index is 11.8. The Hall–Kier alpha value is -2.14. The molecule has 2 aromatic rings. The zero-order chi connectivity index (χ0) is 16.4. The molecule has 1 aromatic heterocycles. The lowest BCUT2D eigenvalue weighted by Crippen LogP contribution is -2.49. The van der Waals surface area contributed by atoms with Crippen molar-refractivity contribution in [2.75, 3.05) is 51.7 Å². The number of anilines is 1. The minimum Gasteiger partial charge on any atom is -0.368 e. The van der Waals surface area contributed by atoms with Gasteiger partial charge in [-0.25, -0.2) is 0 Å². The van der Waals surface area contributed by atoms with Gasteiger partial charge >= 0.3 is 0 Å². The fourth-order valence-electron chi connectivity index (χ4n) is 3.03. The Morgan fingerprint density at radius 3 is 2.57 bits per heavy atom. The number of aromatic nitrogens is 1. The van der Waals surface area contributed by atoms with Gasteiger partial charge in [-0.3, -0.25) is 14.7 Å². The number of rotatable bonds is 3. The number of carbonyl (C=O) groups excluding carboxylic acids is 1. The third kappa shape index (κ3) is 3.45. The van der Waals surface area contributed by atoms with Crippen molar-refractivity contribution in [3.63, 3.8) is 0 Å². The van der Waals surface area contributed by atoms with Crippen LogP contribution >= 0.6 is 0 Å². The molecule has 5 heteroatoms. The Labute approximate surface area is 137 Å². The van der Waals surface area contributed by atoms with Gasteiger partial charge < -0.3 is 9.80 Å². The van der Waals surface area contributed by atoms with Crippen molar-refractivity contribution >= 4 is 22.5 Å². The van der Waals surface area contributed by atoms with Crippen molar-refractivity contribution in [1.29, 1.82) is 0 Å². The Kier molecular flexibility index (Phi) is 4.48. The van der Waals surface area contributed by atoms with Crippen LogP contribution in [0.15, 0.2) is 30.3 Å². The van der Waals surface area contributed by atoms with E-state index in [4.69, 9.17) is 0 Å². The van der Waals surface area contributed by atoms with E-state index in [1.54, 1.807) is 4.90 Å². The van der Waals surface area contributed by atoms with Gasteiger partial charge in [0.15, 0.2) is 0 Å². The second kappa shape index (κ2) is 6.54. The molecular weight excluding hydrogens is 288 g/mol. The van der Waals surface area contributed by atoms with E-state index in [9.17, 15) is 4.79 Å². The van der Waals surface area contributed by atoms with Crippen LogP contribution in [0.4, 0.5) is 5.69 Å². The second-order valence-corrected chi connectivity index (χ2v) is 6.35. The predicted molar refractivity (Wildman–Crippen MR) is 93.8 cm³/mol. The molecule has 2 heterocycles. The molecule has 1 fully saturated rings. The van der Waals surface area contributed by atoms with Gasteiger partial charge in [0.2, 0.25) is 5.91 Å². The standard InChI is InChI=1S/C18H24N4O/c1-14-12-17(15-6-4-5-7-16(15)19-14)22-10-8-21(9-11-22)13-18(23)20(2)3/h4-7,12H,8-11,13H2,1-3H3. The van der Waals surface area contributed by atoms with Crippen molar-refractivity contribution in [2.24, 2.45) is 0 Å². The highest BCUT2D eigenvalue weighted by Crippen LogP contribution is 2.27. The summed E-state index contributed by atoms with van der Waals surface area (Å²) in [5.41, 5.74) is 3.35. The second-order valence-electron chi connectivity index (χ2n) is 6.35. The third-order valence-corrected chi connectivity index (χ3v) is 4.39. The first kappa shape index (κ1) is 15.7. The van der Waals surface area contributed by atoms with E-state index in [-0.39, 0.29) is 5.91 Å². The van der Waals surface area contributed by atoms with Crippen LogP contribution < -0.4 is 4.90 Å². The molecule has 1 aliphatic rings. The summed E-state index contributed by atoms with van der Waals surface area (Å²) in [5, 5.41) is 1.20. The van der Waals surface area contributed by atoms with Crippen molar-refractivity contribution in [2.45, 2.75) is 6.92 Å². The average Bonchev–Trinajstić information content (AvgIpc) is 2.54. The van der Waals surface area contributed by atoms with E-state index in [0.717, 1.165) is 37.4 Å². The Morgan fingerprint density at radius 1 is 1.17 bits per heavy atom. The van der Waals surface area contributed by atoms with Crippen LogP contribution in [-0.4, -0.2) is 67.5 Å². The van der Waals surface area contributed by atoms with Crippen LogP contribution in [0.1, 0.15) is 5.69 Å². The number of carbonyl (C=O) groups is 1. The minimum atomic E-state index is 0.170. The Balaban J connectivity index is 1.74. The number of nitrogens with zero attached hydrogens (tertiary/aromatic N) is 4. The van der Waals surface area contributed by atoms with Crippen molar-refractivity contribution in [3.8, 4) is 0 Å². The van der Waals surface area contributed by atoms with Crippen LogP contribution in [0.5, 0.6) is 0 Å². The molecule has 122 valence electrons. The Bertz CT molecular complexity index is 705. The predicted octanol–water partition coefficient (Wildman–Crippen LogP) is 1.75. The van der Waals surface area contributed by atoms with Crippen molar-refractivity contribution in [1.82, 2.24) is 14.8 Å². The van der Waals surface area contributed by atoms with E-state index >= 15 is 0 Å². The van der Waals surface area contributed by atoms with Gasteiger partial charge in [0.1, 0.15) is 0 Å². The number of piperazine rings is 1. The topological polar surface area (TPSA) is 39.7 Å². The molecule has 0 saturated carbocycles. The van der Waals surface area contributed by atoms with Crippen molar-refractivity contribution < 1.29 is 4.79 Å². The normalized spacial score (nSPS) is 15.9. The van der Waals surface area contributed by atoms with Crippen LogP contribution in [0.25, 0.3) is 10.9 Å². The SMILES string of the molecule is Cc1cc(N2CCN(CC(=O)N(C)C)CC2)c2ccccc2n1. The summed E-state index contributed by atoms with van der Waals surface area (Å²) in [6, 6.07) is 10.5. The number of aryl methyl sites for hydroxylation is 1. The molecule has 0 aliphatic carbocycles. The van der Waals surface area contributed by atoms with Gasteiger partial charge in [-0.15, -0.1) is 0 Å². The number of para-hydroxylation sites is 1. The van der Waals surface area contributed by atoms with Crippen LogP contribution in [0.3, 0.4) is 0 Å². The summed E-state index contributed by atoms with van der Waals surface area (Å²) in [6.45, 7) is 6.26. The van der Waals surface area contributed by atoms with Crippen LogP contribution in [0.2, 0.25) is 0 Å². The van der Waals surface area contributed by atoms with E-state index in [0.29, 0.717) is 6.54 Å². The minimum absolute atomic E-state index is 0.170. The highest BCUT2D eigenvalue weighted by atomic mass is 16.2. The van der Waals surface area contributed by atoms with Crippen LogP contribution in [0, 0.1) is 6.92 Å². The molecule has 1 aliphatic heterocycles. The maximum absolute atomic E-state index is 11.8. The number of hydrogen-bond acceptors (Lipinski definition) is 4. The molecule has 1 saturated heterocycles. The van der Waals surface area contributed by atoms with Gasteiger partial charge in [-0.2, -0.15) is 0 Å². The number of pyridine rings is 1. The average molecular weight is 312 g/mol. The largest absolute Gasteiger partial charge is 0.368 e. The summed E-state index contributed by atoms with van der Waals surface area (Å²) in [7, 11) is 3.62. The highest BCUT2D eigenvalue weighted by molar-refractivity contribution is 5.92. The smallest absolute Gasteiger partial charge is 0.236 e. The lowest BCUT2D eigenvalue weighted by molar-refractivity contribution is -0.129. The molecule has 0 spiro atoms. The third-order valence-electron chi connectivity index (χ3n) is 4.39. The van der Waals surface area contributed by atoms with Gasteiger partial charge in [-0.05, 0) is 19.1 Å². The number of hydrogen-bond donors (Lipinski definition) is 0. The van der Waals surface area contributed by atoms with E-state index in [1.165, 1.54) is 11.1 Å². The number of fused-ring (bicyclic) bond motifs is 1. The van der Waals surface area contributed by atoms with E-state index in [2.05, 4.69) is 39.0 Å². The fraction of sp³-hybridized carbons (Fsp3) is 0.444. The first-order valence-electron chi connectivity index (χ1n) is 8.08. The first-order valence-corrected chi connectivity index (χ1v) is 8.08. The maximum Gasteiger partial charge on any atom is 0.236 e. The Morgan fingerprint density at radius 2 is 1.87 bits per heavy atom. The molecule has 0 radical (unpaired) electrons. The molecular formula is C18H24N4O. The molecule has 5 nitrogen and oxygen atoms in total. The summed E-state index contributed by atoms with van der Waals surface area (Å²) in [5.74, 6) is 0.170. The van der Waals surface area contributed by atoms with E-state index < -0.39 is 0 Å². The number of amides is 1. The lowest BCUT2D eigenvalue weighted by atomic mass is 10.1. The summed E-state index contributed by atoms with van der Waals surface area (Å²) in [4.78, 5) is 22.8. The summed E-state index contributed by atoms with van der Waals surface area (Å²) in [6.07, 6.45) is 0. The molecule has 1 aromatic carbocycles. The molecule has 1 amide bonds. The van der Waals surface area contributed by atoms with Gasteiger partial charge in [0.05, 0.1) is 12.1 Å². The van der Waals surface area contributed by atoms with Crippen molar-refractivity contribution in [3.05, 3.63) is 36.0 Å². The molecule has 23 heavy (non-hydrogen) atoms.